The number of rotatable bonds is 2. The molecule has 2 heterocycles. The van der Waals surface area contributed by atoms with E-state index >= 15 is 0 Å². The Morgan fingerprint density at radius 3 is 2.76 bits per heavy atom. The molecule has 5 heteroatoms. The minimum Gasteiger partial charge on any atom is -0.399 e. The average molecular weight is 282 g/mol. The maximum absolute atomic E-state index is 12.5. The molecule has 1 aliphatic rings. The lowest BCUT2D eigenvalue weighted by molar-refractivity contribution is 0.0647. The van der Waals surface area contributed by atoms with Gasteiger partial charge in [0.2, 0.25) is 0 Å². The molecule has 0 aliphatic carbocycles. The van der Waals surface area contributed by atoms with Gasteiger partial charge < -0.3 is 15.6 Å². The Balaban J connectivity index is 1.74. The number of hydrogen-bond donors (Lipinski definition) is 2. The topological polar surface area (TPSA) is 65.4 Å². The lowest BCUT2D eigenvalue weighted by Crippen LogP contribution is -2.48. The first-order valence-electron chi connectivity index (χ1n) is 7.01. The predicted molar refractivity (Wildman–Crippen MR) is 83.9 cm³/mol. The fraction of sp³-hybridized carbons (Fsp3) is 0.312. The number of carbonyl (C=O) groups excluding carboxylic acids is 1. The number of piperazine rings is 1. The Hall–Kier alpha value is -2.45. The van der Waals surface area contributed by atoms with E-state index in [-0.39, 0.29) is 5.91 Å². The summed E-state index contributed by atoms with van der Waals surface area (Å²) < 4.78 is 0. The van der Waals surface area contributed by atoms with Crippen molar-refractivity contribution in [2.45, 2.75) is 0 Å². The van der Waals surface area contributed by atoms with E-state index in [2.05, 4.69) is 15.8 Å². The fourth-order valence-corrected chi connectivity index (χ4v) is 2.67. The van der Waals surface area contributed by atoms with Gasteiger partial charge in [0.1, 0.15) is 5.69 Å². The van der Waals surface area contributed by atoms with Crippen molar-refractivity contribution in [1.29, 1.82) is 0 Å². The Kier molecular flexibility index (Phi) is 3.55. The van der Waals surface area contributed by atoms with Crippen LogP contribution in [-0.2, 0) is 0 Å². The first-order chi connectivity index (χ1) is 10.2. The van der Waals surface area contributed by atoms with Crippen molar-refractivity contribution in [1.82, 2.24) is 14.8 Å². The first kappa shape index (κ1) is 13.5. The van der Waals surface area contributed by atoms with Crippen molar-refractivity contribution in [2.75, 3.05) is 38.5 Å². The van der Waals surface area contributed by atoms with E-state index in [4.69, 9.17) is 12.2 Å². The van der Waals surface area contributed by atoms with E-state index in [1.807, 2.05) is 29.2 Å². The smallest absolute Gasteiger partial charge is 0.270 e. The molecule has 2 aromatic rings. The van der Waals surface area contributed by atoms with Gasteiger partial charge in [-0.2, -0.15) is 0 Å². The van der Waals surface area contributed by atoms with Crippen LogP contribution < -0.4 is 5.73 Å². The normalized spacial score (nSPS) is 16.0. The van der Waals surface area contributed by atoms with Crippen LogP contribution >= 0.6 is 0 Å². The summed E-state index contributed by atoms with van der Waals surface area (Å²) in [5, 5.41) is 0.962. The van der Waals surface area contributed by atoms with E-state index in [1.54, 1.807) is 0 Å². The van der Waals surface area contributed by atoms with Crippen LogP contribution in [0.3, 0.4) is 0 Å². The molecular formula is C16H18N4O. The number of amides is 1. The van der Waals surface area contributed by atoms with Crippen molar-refractivity contribution in [3.05, 3.63) is 30.0 Å². The Morgan fingerprint density at radius 1 is 1.29 bits per heavy atom. The number of hydrogen-bond acceptors (Lipinski definition) is 3. The number of anilines is 1. The van der Waals surface area contributed by atoms with Crippen LogP contribution in [0.2, 0.25) is 0 Å². The van der Waals surface area contributed by atoms with Gasteiger partial charge in [0.25, 0.3) is 5.91 Å². The first-order valence-corrected chi connectivity index (χ1v) is 7.01. The minimum absolute atomic E-state index is 0.0325. The molecule has 1 aromatic carbocycles. The van der Waals surface area contributed by atoms with Gasteiger partial charge in [-0.3, -0.25) is 9.69 Å². The van der Waals surface area contributed by atoms with Crippen LogP contribution in [-0.4, -0.2) is 53.4 Å². The molecule has 0 unspecified atom stereocenters. The van der Waals surface area contributed by atoms with Crippen LogP contribution in [0.5, 0.6) is 0 Å². The lowest BCUT2D eigenvalue weighted by Gasteiger charge is -2.33. The van der Waals surface area contributed by atoms with E-state index in [0.29, 0.717) is 31.0 Å². The number of aromatic nitrogens is 1. The van der Waals surface area contributed by atoms with E-state index in [1.165, 1.54) is 0 Å². The number of benzene rings is 1. The van der Waals surface area contributed by atoms with Crippen molar-refractivity contribution in [3.63, 3.8) is 0 Å². The van der Waals surface area contributed by atoms with Gasteiger partial charge in [0.05, 0.1) is 6.54 Å². The molecule has 21 heavy (non-hydrogen) atoms. The summed E-state index contributed by atoms with van der Waals surface area (Å²) in [6.07, 6.45) is 5.31. The van der Waals surface area contributed by atoms with Crippen LogP contribution in [0, 0.1) is 12.3 Å². The molecule has 1 amide bonds. The highest BCUT2D eigenvalue weighted by atomic mass is 16.2. The van der Waals surface area contributed by atoms with Gasteiger partial charge in [0, 0.05) is 42.8 Å². The molecule has 0 saturated carbocycles. The number of aromatic amines is 1. The summed E-state index contributed by atoms with van der Waals surface area (Å²) >= 11 is 0. The summed E-state index contributed by atoms with van der Waals surface area (Å²) in [6, 6.07) is 7.45. The van der Waals surface area contributed by atoms with Crippen LogP contribution in [0.4, 0.5) is 5.69 Å². The van der Waals surface area contributed by atoms with Crippen LogP contribution in [0.15, 0.2) is 24.3 Å². The number of nitrogens with two attached hydrogens (primary N) is 1. The van der Waals surface area contributed by atoms with Crippen molar-refractivity contribution in [3.8, 4) is 12.3 Å². The molecule has 3 rings (SSSR count). The SMILES string of the molecule is C#CCN1CCN(C(=O)c2cc3cc(N)ccc3[nH]2)CC1. The van der Waals surface area contributed by atoms with Gasteiger partial charge in [-0.25, -0.2) is 0 Å². The number of carbonyl (C=O) groups is 1. The van der Waals surface area contributed by atoms with Crippen molar-refractivity contribution >= 4 is 22.5 Å². The molecule has 3 N–H and O–H groups in total. The lowest BCUT2D eigenvalue weighted by atomic mass is 10.2. The molecule has 0 radical (unpaired) electrons. The zero-order valence-corrected chi connectivity index (χ0v) is 11.8. The van der Waals surface area contributed by atoms with Gasteiger partial charge in [0.15, 0.2) is 0 Å². The van der Waals surface area contributed by atoms with Gasteiger partial charge in [-0.15, -0.1) is 6.42 Å². The predicted octanol–water partition coefficient (Wildman–Crippen LogP) is 1.14. The average Bonchev–Trinajstić information content (AvgIpc) is 2.90. The highest BCUT2D eigenvalue weighted by molar-refractivity contribution is 5.98. The summed E-state index contributed by atoms with van der Waals surface area (Å²) in [7, 11) is 0. The summed E-state index contributed by atoms with van der Waals surface area (Å²) in [6.45, 7) is 3.70. The molecule has 1 fully saturated rings. The van der Waals surface area contributed by atoms with Gasteiger partial charge in [-0.1, -0.05) is 5.92 Å². The molecular weight excluding hydrogens is 264 g/mol. The maximum atomic E-state index is 12.5. The van der Waals surface area contributed by atoms with Crippen LogP contribution in [0.1, 0.15) is 10.5 Å². The largest absolute Gasteiger partial charge is 0.399 e. The van der Waals surface area contributed by atoms with Gasteiger partial charge >= 0.3 is 0 Å². The molecule has 1 saturated heterocycles. The number of H-pyrrole nitrogens is 1. The number of fused-ring (bicyclic) bond motifs is 1. The number of terminal acetylenes is 1. The van der Waals surface area contributed by atoms with Crippen molar-refractivity contribution < 1.29 is 4.79 Å². The fourth-order valence-electron chi connectivity index (χ4n) is 2.67. The summed E-state index contributed by atoms with van der Waals surface area (Å²) in [4.78, 5) is 19.7. The third-order valence-electron chi connectivity index (χ3n) is 3.85. The molecule has 1 aliphatic heterocycles. The standard InChI is InChI=1S/C16H18N4O/c1-2-5-19-6-8-20(9-7-19)16(21)15-11-12-10-13(17)3-4-14(12)18-15/h1,3-4,10-11,18H,5-9,17H2. The molecule has 1 aromatic heterocycles. The molecule has 5 nitrogen and oxygen atoms in total. The molecule has 108 valence electrons. The molecule has 0 spiro atoms. The number of nitrogens with zero attached hydrogens (tertiary/aromatic N) is 2. The third-order valence-corrected chi connectivity index (χ3v) is 3.85. The van der Waals surface area contributed by atoms with E-state index in [0.717, 1.165) is 24.0 Å². The number of nitrogen functional groups attached to an aromatic ring is 1. The van der Waals surface area contributed by atoms with E-state index < -0.39 is 0 Å². The van der Waals surface area contributed by atoms with Crippen molar-refractivity contribution in [2.24, 2.45) is 0 Å². The highest BCUT2D eigenvalue weighted by Crippen LogP contribution is 2.19. The zero-order chi connectivity index (χ0) is 14.8. The zero-order valence-electron chi connectivity index (χ0n) is 11.8. The highest BCUT2D eigenvalue weighted by Gasteiger charge is 2.22. The molecule has 0 bridgehead atoms. The summed E-state index contributed by atoms with van der Waals surface area (Å²) in [5.74, 6) is 2.67. The van der Waals surface area contributed by atoms with Gasteiger partial charge in [-0.05, 0) is 24.3 Å². The summed E-state index contributed by atoms with van der Waals surface area (Å²) in [5.41, 5.74) is 8.00. The minimum atomic E-state index is 0.0325. The third kappa shape index (κ3) is 2.71. The Labute approximate surface area is 123 Å². The second-order valence-corrected chi connectivity index (χ2v) is 5.30. The monoisotopic (exact) mass is 282 g/mol. The quantitative estimate of drug-likeness (QED) is 0.641. The second-order valence-electron chi connectivity index (χ2n) is 5.30. The number of nitrogens with one attached hydrogen (secondary N) is 1. The van der Waals surface area contributed by atoms with Crippen LogP contribution in [0.25, 0.3) is 10.9 Å². The maximum Gasteiger partial charge on any atom is 0.270 e. The van der Waals surface area contributed by atoms with E-state index in [9.17, 15) is 4.79 Å². The second kappa shape index (κ2) is 5.51. The Bertz CT molecular complexity index is 705. The Morgan fingerprint density at radius 2 is 2.05 bits per heavy atom. The molecule has 0 atom stereocenters.